The molecular weight excluding hydrogens is 464 g/mol. The molecule has 0 unspecified atom stereocenters. The number of Topliss-reactive ketones (excluding diaryl/α,β-unsaturated/α-hetero) is 2. The lowest BCUT2D eigenvalue weighted by Gasteiger charge is -2.23. The maximum absolute atomic E-state index is 12.2. The summed E-state index contributed by atoms with van der Waals surface area (Å²) in [6.45, 7) is 7.49. The number of hydrogen-bond acceptors (Lipinski definition) is 8. The third kappa shape index (κ3) is 8.50. The normalized spacial score (nSPS) is 11.7. The molecule has 0 radical (unpaired) electrons. The Bertz CT molecular complexity index is 1050. The molecule has 0 aliphatic rings. The molecule has 0 saturated heterocycles. The number of carbonyl (C=O) groups is 2. The van der Waals surface area contributed by atoms with Crippen molar-refractivity contribution < 1.29 is 28.6 Å². The van der Waals surface area contributed by atoms with E-state index in [-0.39, 0.29) is 19.0 Å². The highest BCUT2D eigenvalue weighted by Crippen LogP contribution is 2.29. The Balaban J connectivity index is 0.00000648. The van der Waals surface area contributed by atoms with Crippen LogP contribution in [0.1, 0.15) is 104 Å². The van der Waals surface area contributed by atoms with Gasteiger partial charge in [0, 0.05) is 36.8 Å². The van der Waals surface area contributed by atoms with Gasteiger partial charge in [0.1, 0.15) is 24.1 Å². The molecule has 0 aliphatic heterocycles. The van der Waals surface area contributed by atoms with E-state index in [1.54, 1.807) is 0 Å². The summed E-state index contributed by atoms with van der Waals surface area (Å²) in [6.07, 6.45) is 8.92. The van der Waals surface area contributed by atoms with Crippen LogP contribution in [0.25, 0.3) is 0 Å². The van der Waals surface area contributed by atoms with Gasteiger partial charge in [0.05, 0.1) is 12.5 Å². The fourth-order valence-electron chi connectivity index (χ4n) is 4.21. The van der Waals surface area contributed by atoms with Gasteiger partial charge in [0.2, 0.25) is 10.9 Å². The van der Waals surface area contributed by atoms with Crippen molar-refractivity contribution in [1.29, 1.82) is 0 Å². The van der Waals surface area contributed by atoms with Crippen LogP contribution in [0.15, 0.2) is 43.5 Å². The van der Waals surface area contributed by atoms with E-state index in [0.29, 0.717) is 68.9 Å². The van der Waals surface area contributed by atoms with Crippen molar-refractivity contribution in [1.82, 2.24) is 0 Å². The third-order valence-corrected chi connectivity index (χ3v) is 6.57. The lowest BCUT2D eigenvalue weighted by atomic mass is 9.80. The van der Waals surface area contributed by atoms with Gasteiger partial charge in [-0.15, -0.1) is 0 Å². The van der Waals surface area contributed by atoms with Crippen molar-refractivity contribution in [3.05, 3.63) is 56.6 Å². The van der Waals surface area contributed by atoms with E-state index in [0.717, 1.165) is 12.5 Å². The average molecular weight is 505 g/mol. The Kier molecular flexibility index (Phi) is 11.3. The van der Waals surface area contributed by atoms with Crippen molar-refractivity contribution in [2.45, 2.75) is 104 Å². The van der Waals surface area contributed by atoms with E-state index < -0.39 is 33.2 Å². The smallest absolute Gasteiger partial charge is 0.230 e. The van der Waals surface area contributed by atoms with E-state index in [1.165, 1.54) is 12.5 Å². The SMILES string of the molecule is C.CC(C)(CCCC(=O)CCCC(=O)CCCC(C)(C)c1cocc(O)c1=O)c1cocc(O)c1=O. The van der Waals surface area contributed by atoms with Crippen LogP contribution >= 0.6 is 0 Å². The third-order valence-electron chi connectivity index (χ3n) is 6.57. The zero-order chi connectivity index (χ0) is 26.2. The fourth-order valence-corrected chi connectivity index (χ4v) is 4.21. The molecule has 2 heterocycles. The number of carbonyl (C=O) groups excluding carboxylic acids is 2. The van der Waals surface area contributed by atoms with Crippen molar-refractivity contribution in [2.75, 3.05) is 0 Å². The first-order valence-electron chi connectivity index (χ1n) is 12.0. The highest BCUT2D eigenvalue weighted by atomic mass is 16.3. The monoisotopic (exact) mass is 504 g/mol. The minimum atomic E-state index is -0.539. The largest absolute Gasteiger partial charge is 0.502 e. The first-order chi connectivity index (χ1) is 16.3. The molecule has 8 heteroatoms. The molecule has 200 valence electrons. The molecule has 8 nitrogen and oxygen atoms in total. The molecule has 0 aromatic carbocycles. The molecular formula is C28H40O8. The summed E-state index contributed by atoms with van der Waals surface area (Å²) in [5.41, 5.74) is -1.24. The second-order valence-corrected chi connectivity index (χ2v) is 10.4. The van der Waals surface area contributed by atoms with Gasteiger partial charge in [0.15, 0.2) is 11.5 Å². The van der Waals surface area contributed by atoms with Crippen molar-refractivity contribution in [3.8, 4) is 11.5 Å². The Morgan fingerprint density at radius 1 is 0.667 bits per heavy atom. The van der Waals surface area contributed by atoms with E-state index in [2.05, 4.69) is 0 Å². The lowest BCUT2D eigenvalue weighted by Crippen LogP contribution is -2.25. The van der Waals surface area contributed by atoms with Gasteiger partial charge in [-0.05, 0) is 42.9 Å². The number of rotatable bonds is 14. The van der Waals surface area contributed by atoms with E-state index in [9.17, 15) is 29.4 Å². The van der Waals surface area contributed by atoms with Crippen LogP contribution in [0.4, 0.5) is 0 Å². The van der Waals surface area contributed by atoms with Crippen LogP contribution < -0.4 is 10.9 Å². The summed E-state index contributed by atoms with van der Waals surface area (Å²) in [5.74, 6) is -0.698. The van der Waals surface area contributed by atoms with Gasteiger partial charge in [-0.1, -0.05) is 35.1 Å². The van der Waals surface area contributed by atoms with Crippen LogP contribution in [0.5, 0.6) is 11.5 Å². The molecule has 0 aliphatic carbocycles. The van der Waals surface area contributed by atoms with E-state index in [1.807, 2.05) is 27.7 Å². The highest BCUT2D eigenvalue weighted by Gasteiger charge is 2.27. The van der Waals surface area contributed by atoms with Gasteiger partial charge in [0.25, 0.3) is 0 Å². The van der Waals surface area contributed by atoms with Gasteiger partial charge in [-0.25, -0.2) is 0 Å². The van der Waals surface area contributed by atoms with Crippen molar-refractivity contribution in [2.24, 2.45) is 0 Å². The average Bonchev–Trinajstić information content (AvgIpc) is 2.77. The van der Waals surface area contributed by atoms with Crippen LogP contribution in [0, 0.1) is 0 Å². The molecule has 2 N–H and O–H groups in total. The maximum atomic E-state index is 12.2. The number of aromatic hydroxyl groups is 2. The second-order valence-electron chi connectivity index (χ2n) is 10.4. The summed E-state index contributed by atoms with van der Waals surface area (Å²) >= 11 is 0. The number of hydrogen-bond donors (Lipinski definition) is 2. The Morgan fingerprint density at radius 3 is 1.36 bits per heavy atom. The Morgan fingerprint density at radius 2 is 1.00 bits per heavy atom. The zero-order valence-corrected chi connectivity index (χ0v) is 21.0. The summed E-state index contributed by atoms with van der Waals surface area (Å²) in [7, 11) is 0. The molecule has 2 aromatic rings. The minimum absolute atomic E-state index is 0. The van der Waals surface area contributed by atoms with Gasteiger partial charge in [-0.2, -0.15) is 0 Å². The second kappa shape index (κ2) is 13.2. The molecule has 0 fully saturated rings. The predicted molar refractivity (Wildman–Crippen MR) is 138 cm³/mol. The predicted octanol–water partition coefficient (Wildman–Crippen LogP) is 5.54. The summed E-state index contributed by atoms with van der Waals surface area (Å²) in [4.78, 5) is 48.7. The van der Waals surface area contributed by atoms with Crippen molar-refractivity contribution >= 4 is 11.6 Å². The molecule has 36 heavy (non-hydrogen) atoms. The van der Waals surface area contributed by atoms with Crippen molar-refractivity contribution in [3.63, 3.8) is 0 Å². The van der Waals surface area contributed by atoms with E-state index in [4.69, 9.17) is 8.83 Å². The lowest BCUT2D eigenvalue weighted by molar-refractivity contribution is -0.120. The zero-order valence-electron chi connectivity index (χ0n) is 21.0. The molecule has 0 bridgehead atoms. The summed E-state index contributed by atoms with van der Waals surface area (Å²) < 4.78 is 10.0. The maximum Gasteiger partial charge on any atom is 0.230 e. The molecule has 2 aromatic heterocycles. The van der Waals surface area contributed by atoms with E-state index >= 15 is 0 Å². The van der Waals surface area contributed by atoms with Crippen LogP contribution in [0.2, 0.25) is 0 Å². The molecule has 0 atom stereocenters. The molecule has 0 saturated carbocycles. The quantitative estimate of drug-likeness (QED) is 0.342. The molecule has 0 amide bonds. The Hall–Kier alpha value is -3.16. The highest BCUT2D eigenvalue weighted by molar-refractivity contribution is 5.81. The standard InChI is InChI=1S/C27H36O8.CH4/c1-26(2,20-14-34-16-22(30)24(20)32)12-6-10-18(28)8-5-9-19(29)11-7-13-27(3,4)21-15-35-17-23(31)25(21)33;/h14-17,30-31H,5-13H2,1-4H3;1H4. The Labute approximate surface area is 212 Å². The van der Waals surface area contributed by atoms with Crippen LogP contribution in [-0.4, -0.2) is 21.8 Å². The first-order valence-corrected chi connectivity index (χ1v) is 12.0. The number of ketones is 2. The van der Waals surface area contributed by atoms with Gasteiger partial charge >= 0.3 is 0 Å². The van der Waals surface area contributed by atoms with Gasteiger partial charge < -0.3 is 19.0 Å². The molecule has 0 spiro atoms. The fraction of sp³-hybridized carbons (Fsp3) is 0.571. The minimum Gasteiger partial charge on any atom is -0.502 e. The summed E-state index contributed by atoms with van der Waals surface area (Å²) in [5, 5.41) is 19.1. The topological polar surface area (TPSA) is 135 Å². The first kappa shape index (κ1) is 30.9. The van der Waals surface area contributed by atoms with Crippen LogP contribution in [0.3, 0.4) is 0 Å². The summed E-state index contributed by atoms with van der Waals surface area (Å²) in [6, 6.07) is 0. The van der Waals surface area contributed by atoms with Gasteiger partial charge in [-0.3, -0.25) is 19.2 Å². The molecule has 2 rings (SSSR count). The van der Waals surface area contributed by atoms with Crippen LogP contribution in [-0.2, 0) is 20.4 Å².